The van der Waals surface area contributed by atoms with Gasteiger partial charge in [0.05, 0.1) is 6.61 Å². The molecule has 0 bridgehead atoms. The summed E-state index contributed by atoms with van der Waals surface area (Å²) in [5, 5.41) is 0. The second-order valence-electron chi connectivity index (χ2n) is 18.1. The first-order valence-electron chi connectivity index (χ1n) is 27.5. The highest BCUT2D eigenvalue weighted by Crippen LogP contribution is 2.15. The van der Waals surface area contributed by atoms with Crippen molar-refractivity contribution in [1.82, 2.24) is 0 Å². The van der Waals surface area contributed by atoms with Crippen molar-refractivity contribution in [2.75, 3.05) is 19.8 Å². The van der Waals surface area contributed by atoms with Crippen molar-refractivity contribution in [2.45, 2.75) is 271 Å². The third-order valence-electron chi connectivity index (χ3n) is 11.7. The molecule has 370 valence electrons. The van der Waals surface area contributed by atoms with E-state index < -0.39 is 6.10 Å². The molecule has 0 N–H and O–H groups in total. The average molecular weight is 893 g/mol. The summed E-state index contributed by atoms with van der Waals surface area (Å²) in [4.78, 5) is 25.4. The zero-order valence-corrected chi connectivity index (χ0v) is 42.5. The Morgan fingerprint density at radius 1 is 0.359 bits per heavy atom. The molecular weight excluding hydrogens is 789 g/mol. The fraction of sp³-hybridized carbons (Fsp3) is 0.763. The van der Waals surface area contributed by atoms with Crippen LogP contribution in [0.3, 0.4) is 0 Å². The summed E-state index contributed by atoms with van der Waals surface area (Å²) in [6.07, 6.45) is 70.6. The largest absolute Gasteiger partial charge is 0.462 e. The van der Waals surface area contributed by atoms with E-state index in [-0.39, 0.29) is 25.2 Å². The molecule has 0 heterocycles. The Bertz CT molecular complexity index is 1150. The molecule has 0 amide bonds. The molecule has 0 rings (SSSR count). The van der Waals surface area contributed by atoms with Crippen LogP contribution in [-0.4, -0.2) is 37.9 Å². The molecule has 0 aromatic heterocycles. The maximum Gasteiger partial charge on any atom is 0.306 e. The number of carbonyl (C=O) groups is 2. The van der Waals surface area contributed by atoms with Crippen molar-refractivity contribution in [3.05, 3.63) is 72.9 Å². The van der Waals surface area contributed by atoms with Gasteiger partial charge in [0.25, 0.3) is 0 Å². The van der Waals surface area contributed by atoms with Gasteiger partial charge in [0.1, 0.15) is 6.61 Å². The maximum atomic E-state index is 12.8. The van der Waals surface area contributed by atoms with Crippen LogP contribution >= 0.6 is 0 Å². The molecule has 0 radical (unpaired) electrons. The summed E-state index contributed by atoms with van der Waals surface area (Å²) in [6.45, 7) is 7.66. The van der Waals surface area contributed by atoms with Crippen LogP contribution in [0.5, 0.6) is 0 Å². The van der Waals surface area contributed by atoms with Crippen molar-refractivity contribution < 1.29 is 23.8 Å². The molecule has 64 heavy (non-hydrogen) atoms. The summed E-state index contributed by atoms with van der Waals surface area (Å²) in [7, 11) is 0. The van der Waals surface area contributed by atoms with Gasteiger partial charge in [0.2, 0.25) is 0 Å². The minimum Gasteiger partial charge on any atom is -0.462 e. The lowest BCUT2D eigenvalue weighted by Gasteiger charge is -2.18. The summed E-state index contributed by atoms with van der Waals surface area (Å²) >= 11 is 0. The Balaban J connectivity index is 4.25. The molecular formula is C59H104O5. The van der Waals surface area contributed by atoms with Gasteiger partial charge in [-0.25, -0.2) is 0 Å². The standard InChI is InChI=1S/C59H104O5/c1-4-7-10-13-16-19-22-24-26-28-30-31-33-35-38-40-43-46-49-52-58(60)63-56-57(64-59(61)53-50-47-44-41-37-21-18-15-12-9-6-3)55-62-54-51-48-45-42-39-36-34-32-29-27-25-23-20-17-14-11-8-5-2/h8,11,16-17,19-20,24-27,32,34,57H,4-7,9-10,12-15,18,21-23,28-31,33,35-56H2,1-3H3/b11-8-,19-16-,20-17-,26-24-,27-25-,34-32-. The number of carbonyl (C=O) groups excluding carboxylic acids is 2. The highest BCUT2D eigenvalue weighted by Gasteiger charge is 2.17. The maximum absolute atomic E-state index is 12.8. The van der Waals surface area contributed by atoms with Crippen molar-refractivity contribution in [3.63, 3.8) is 0 Å². The Morgan fingerprint density at radius 2 is 0.703 bits per heavy atom. The minimum atomic E-state index is -0.548. The van der Waals surface area contributed by atoms with E-state index in [1.165, 1.54) is 154 Å². The third-order valence-corrected chi connectivity index (χ3v) is 11.7. The second-order valence-corrected chi connectivity index (χ2v) is 18.1. The number of allylic oxidation sites excluding steroid dienone is 12. The number of unbranched alkanes of at least 4 members (excludes halogenated alkanes) is 27. The molecule has 5 nitrogen and oxygen atoms in total. The fourth-order valence-electron chi connectivity index (χ4n) is 7.65. The van der Waals surface area contributed by atoms with Gasteiger partial charge in [-0.3, -0.25) is 9.59 Å². The van der Waals surface area contributed by atoms with Crippen LogP contribution in [-0.2, 0) is 23.8 Å². The van der Waals surface area contributed by atoms with E-state index in [1.54, 1.807) is 0 Å². The normalized spacial score (nSPS) is 12.7. The molecule has 0 spiro atoms. The van der Waals surface area contributed by atoms with Gasteiger partial charge in [-0.15, -0.1) is 0 Å². The minimum absolute atomic E-state index is 0.0755. The zero-order valence-electron chi connectivity index (χ0n) is 42.5. The zero-order chi connectivity index (χ0) is 46.3. The fourth-order valence-corrected chi connectivity index (χ4v) is 7.65. The van der Waals surface area contributed by atoms with Gasteiger partial charge in [-0.1, -0.05) is 235 Å². The smallest absolute Gasteiger partial charge is 0.306 e. The van der Waals surface area contributed by atoms with E-state index in [1.807, 2.05) is 0 Å². The number of ether oxygens (including phenoxy) is 3. The molecule has 1 atom stereocenters. The predicted molar refractivity (Wildman–Crippen MR) is 279 cm³/mol. The van der Waals surface area contributed by atoms with Crippen LogP contribution in [0, 0.1) is 0 Å². The monoisotopic (exact) mass is 893 g/mol. The molecule has 5 heteroatoms. The van der Waals surface area contributed by atoms with Crippen molar-refractivity contribution in [1.29, 1.82) is 0 Å². The molecule has 0 aliphatic carbocycles. The Kier molecular flexibility index (Phi) is 52.4. The Hall–Kier alpha value is -2.66. The lowest BCUT2D eigenvalue weighted by Crippen LogP contribution is -2.30. The number of rotatable bonds is 50. The van der Waals surface area contributed by atoms with Gasteiger partial charge in [0, 0.05) is 19.4 Å². The summed E-state index contributed by atoms with van der Waals surface area (Å²) < 4.78 is 17.4. The lowest BCUT2D eigenvalue weighted by atomic mass is 10.1. The predicted octanol–water partition coefficient (Wildman–Crippen LogP) is 18.7. The second kappa shape index (κ2) is 54.7. The molecule has 0 aliphatic heterocycles. The molecule has 0 aliphatic rings. The van der Waals surface area contributed by atoms with Crippen molar-refractivity contribution in [3.8, 4) is 0 Å². The summed E-state index contributed by atoms with van der Waals surface area (Å²) in [5.41, 5.74) is 0. The first kappa shape index (κ1) is 61.3. The van der Waals surface area contributed by atoms with E-state index in [2.05, 4.69) is 93.7 Å². The van der Waals surface area contributed by atoms with Crippen LogP contribution in [0.4, 0.5) is 0 Å². The van der Waals surface area contributed by atoms with Crippen LogP contribution in [0.15, 0.2) is 72.9 Å². The van der Waals surface area contributed by atoms with Crippen LogP contribution in [0.2, 0.25) is 0 Å². The Morgan fingerprint density at radius 3 is 1.16 bits per heavy atom. The molecule has 1 unspecified atom stereocenters. The van der Waals surface area contributed by atoms with Crippen LogP contribution in [0.1, 0.15) is 265 Å². The van der Waals surface area contributed by atoms with Gasteiger partial charge in [-0.05, 0) is 89.9 Å². The highest BCUT2D eigenvalue weighted by molar-refractivity contribution is 5.70. The number of hydrogen-bond acceptors (Lipinski definition) is 5. The van der Waals surface area contributed by atoms with E-state index in [0.717, 1.165) is 77.0 Å². The van der Waals surface area contributed by atoms with Crippen molar-refractivity contribution in [2.24, 2.45) is 0 Å². The Labute approximate surface area is 397 Å². The molecule has 0 fully saturated rings. The van der Waals surface area contributed by atoms with Crippen LogP contribution in [0.25, 0.3) is 0 Å². The topological polar surface area (TPSA) is 61.8 Å². The summed E-state index contributed by atoms with van der Waals surface area (Å²) in [6, 6.07) is 0. The van der Waals surface area contributed by atoms with Gasteiger partial charge >= 0.3 is 11.9 Å². The average Bonchev–Trinajstić information content (AvgIpc) is 3.30. The van der Waals surface area contributed by atoms with E-state index >= 15 is 0 Å². The van der Waals surface area contributed by atoms with E-state index in [0.29, 0.717) is 19.4 Å². The first-order chi connectivity index (χ1) is 31.6. The molecule has 0 aromatic carbocycles. The number of esters is 2. The summed E-state index contributed by atoms with van der Waals surface area (Å²) in [5.74, 6) is -0.407. The quantitative estimate of drug-likeness (QED) is 0.0346. The first-order valence-corrected chi connectivity index (χ1v) is 27.5. The van der Waals surface area contributed by atoms with Gasteiger partial charge in [0.15, 0.2) is 6.10 Å². The van der Waals surface area contributed by atoms with Crippen LogP contribution < -0.4 is 0 Å². The molecule has 0 saturated carbocycles. The SMILES string of the molecule is CC/C=C\C/C=C\C/C=C\C/C=C\CCCCCCCOCC(COC(=O)CCCCCCCCCCC/C=C\C/C=C\CCCCC)OC(=O)CCCCCCCCCCCCC. The van der Waals surface area contributed by atoms with Gasteiger partial charge < -0.3 is 14.2 Å². The van der Waals surface area contributed by atoms with E-state index in [9.17, 15) is 9.59 Å². The van der Waals surface area contributed by atoms with Crippen molar-refractivity contribution >= 4 is 11.9 Å². The number of hydrogen-bond donors (Lipinski definition) is 0. The molecule has 0 saturated heterocycles. The van der Waals surface area contributed by atoms with E-state index in [4.69, 9.17) is 14.2 Å². The van der Waals surface area contributed by atoms with Gasteiger partial charge in [-0.2, -0.15) is 0 Å². The molecule has 0 aromatic rings. The third kappa shape index (κ3) is 52.0. The highest BCUT2D eigenvalue weighted by atomic mass is 16.6. The lowest BCUT2D eigenvalue weighted by molar-refractivity contribution is -0.163.